The van der Waals surface area contributed by atoms with E-state index in [-0.39, 0.29) is 9.92 Å². The number of halogens is 1. The average Bonchev–Trinajstić information content (AvgIpc) is 2.40. The molecule has 7 heteroatoms. The third kappa shape index (κ3) is 4.94. The van der Waals surface area contributed by atoms with Crippen molar-refractivity contribution in [2.45, 2.75) is 25.2 Å². The van der Waals surface area contributed by atoms with Gasteiger partial charge < -0.3 is 10.6 Å². The van der Waals surface area contributed by atoms with Gasteiger partial charge in [-0.05, 0) is 37.7 Å². The molecule has 1 aromatic rings. The van der Waals surface area contributed by atoms with Gasteiger partial charge in [0.15, 0.2) is 0 Å². The second-order valence-corrected chi connectivity index (χ2v) is 6.69. The lowest BCUT2D eigenvalue weighted by atomic mass is 10.3. The summed E-state index contributed by atoms with van der Waals surface area (Å²) in [6.45, 7) is 7.09. The first-order valence-corrected chi connectivity index (χ1v) is 8.53. The lowest BCUT2D eigenvalue weighted by molar-refractivity contribution is 0.293. The van der Waals surface area contributed by atoms with Crippen LogP contribution in [0.25, 0.3) is 0 Å². The Balaban J connectivity index is 2.63. The van der Waals surface area contributed by atoms with Crippen molar-refractivity contribution in [3.63, 3.8) is 0 Å². The van der Waals surface area contributed by atoms with E-state index in [1.54, 1.807) is 0 Å². The maximum absolute atomic E-state index is 12.1. The molecule has 0 radical (unpaired) electrons. The van der Waals surface area contributed by atoms with E-state index in [1.165, 1.54) is 18.2 Å². The monoisotopic (exact) mass is 319 g/mol. The molecular weight excluding hydrogens is 298 g/mol. The molecule has 0 spiro atoms. The molecule has 0 aliphatic rings. The number of rotatable bonds is 8. The Labute approximate surface area is 126 Å². The van der Waals surface area contributed by atoms with Crippen LogP contribution in [0.4, 0.5) is 5.69 Å². The summed E-state index contributed by atoms with van der Waals surface area (Å²) in [5.41, 5.74) is 5.94. The largest absolute Gasteiger partial charge is 0.398 e. The van der Waals surface area contributed by atoms with Crippen molar-refractivity contribution in [3.8, 4) is 0 Å². The summed E-state index contributed by atoms with van der Waals surface area (Å²) >= 11 is 5.84. The molecule has 0 aromatic heterocycles. The molecule has 114 valence electrons. The minimum atomic E-state index is -3.54. The minimum Gasteiger partial charge on any atom is -0.398 e. The van der Waals surface area contributed by atoms with Crippen LogP contribution in [0, 0.1) is 0 Å². The highest BCUT2D eigenvalue weighted by atomic mass is 35.5. The van der Waals surface area contributed by atoms with Gasteiger partial charge in [-0.15, -0.1) is 0 Å². The van der Waals surface area contributed by atoms with Crippen molar-refractivity contribution in [2.24, 2.45) is 0 Å². The Morgan fingerprint density at radius 3 is 2.55 bits per heavy atom. The first kappa shape index (κ1) is 17.2. The molecule has 0 fully saturated rings. The summed E-state index contributed by atoms with van der Waals surface area (Å²) in [6, 6.07) is 4.31. The van der Waals surface area contributed by atoms with Crippen LogP contribution in [0.3, 0.4) is 0 Å². The summed E-state index contributed by atoms with van der Waals surface area (Å²) in [7, 11) is -3.54. The van der Waals surface area contributed by atoms with Crippen molar-refractivity contribution in [2.75, 3.05) is 31.9 Å². The molecule has 5 nitrogen and oxygen atoms in total. The third-order valence-corrected chi connectivity index (χ3v) is 4.78. The van der Waals surface area contributed by atoms with Gasteiger partial charge in [-0.25, -0.2) is 13.1 Å². The van der Waals surface area contributed by atoms with E-state index in [0.29, 0.717) is 18.8 Å². The smallest absolute Gasteiger partial charge is 0.240 e. The highest BCUT2D eigenvalue weighted by Gasteiger charge is 2.15. The van der Waals surface area contributed by atoms with E-state index in [9.17, 15) is 8.42 Å². The van der Waals surface area contributed by atoms with Crippen molar-refractivity contribution >= 4 is 27.3 Å². The molecule has 0 aliphatic heterocycles. The van der Waals surface area contributed by atoms with E-state index < -0.39 is 10.0 Å². The number of nitrogen functional groups attached to an aromatic ring is 1. The standard InChI is InChI=1S/C13H22ClN3O2S/c1-3-8-17(4-2)9-7-16-20(18,19)11-5-6-13(15)12(14)10-11/h5-6,10,16H,3-4,7-9,15H2,1-2H3. The predicted molar refractivity (Wildman–Crippen MR) is 83.5 cm³/mol. The summed E-state index contributed by atoms with van der Waals surface area (Å²) in [4.78, 5) is 2.33. The van der Waals surface area contributed by atoms with Crippen molar-refractivity contribution in [1.29, 1.82) is 0 Å². The van der Waals surface area contributed by atoms with Crippen molar-refractivity contribution < 1.29 is 8.42 Å². The molecule has 0 heterocycles. The zero-order valence-corrected chi connectivity index (χ0v) is 13.5. The lowest BCUT2D eigenvalue weighted by Gasteiger charge is -2.19. The van der Waals surface area contributed by atoms with Crippen LogP contribution in [0.15, 0.2) is 23.1 Å². The average molecular weight is 320 g/mol. The Bertz CT molecular complexity index is 534. The van der Waals surface area contributed by atoms with Gasteiger partial charge in [0.05, 0.1) is 15.6 Å². The fourth-order valence-corrected chi connectivity index (χ4v) is 3.13. The third-order valence-electron chi connectivity index (χ3n) is 2.99. The van der Waals surface area contributed by atoms with E-state index in [2.05, 4.69) is 23.5 Å². The van der Waals surface area contributed by atoms with Gasteiger partial charge in [0.1, 0.15) is 0 Å². The number of sulfonamides is 1. The summed E-state index contributed by atoms with van der Waals surface area (Å²) < 4.78 is 26.8. The number of hydrogen-bond acceptors (Lipinski definition) is 4. The molecule has 0 unspecified atom stereocenters. The van der Waals surface area contributed by atoms with Gasteiger partial charge in [-0.2, -0.15) is 0 Å². The number of likely N-dealkylation sites (N-methyl/N-ethyl adjacent to an activating group) is 1. The second-order valence-electron chi connectivity index (χ2n) is 4.52. The lowest BCUT2D eigenvalue weighted by Crippen LogP contribution is -2.35. The van der Waals surface area contributed by atoms with Crippen LogP contribution in [-0.4, -0.2) is 39.5 Å². The first-order valence-electron chi connectivity index (χ1n) is 6.67. The summed E-state index contributed by atoms with van der Waals surface area (Å²) in [5, 5.41) is 0.244. The van der Waals surface area contributed by atoms with Crippen molar-refractivity contribution in [1.82, 2.24) is 9.62 Å². The van der Waals surface area contributed by atoms with Gasteiger partial charge in [0.2, 0.25) is 10.0 Å². The van der Waals surface area contributed by atoms with Crippen LogP contribution >= 0.6 is 11.6 Å². The molecule has 0 saturated carbocycles. The molecule has 0 saturated heterocycles. The molecule has 0 aliphatic carbocycles. The Hall–Kier alpha value is -0.820. The van der Waals surface area contributed by atoms with Gasteiger partial charge in [0.25, 0.3) is 0 Å². The zero-order chi connectivity index (χ0) is 15.2. The van der Waals surface area contributed by atoms with Crippen molar-refractivity contribution in [3.05, 3.63) is 23.2 Å². The van der Waals surface area contributed by atoms with Gasteiger partial charge in [-0.1, -0.05) is 25.4 Å². The molecule has 0 atom stereocenters. The van der Waals surface area contributed by atoms with Gasteiger partial charge in [-0.3, -0.25) is 0 Å². The van der Waals surface area contributed by atoms with Crippen LogP contribution in [-0.2, 0) is 10.0 Å². The van der Waals surface area contributed by atoms with E-state index in [0.717, 1.165) is 19.5 Å². The Morgan fingerprint density at radius 2 is 2.00 bits per heavy atom. The fourth-order valence-electron chi connectivity index (χ4n) is 1.84. The first-order chi connectivity index (χ1) is 9.40. The molecule has 20 heavy (non-hydrogen) atoms. The number of anilines is 1. The Kier molecular flexibility index (Phi) is 6.75. The fraction of sp³-hybridized carbons (Fsp3) is 0.538. The molecule has 3 N–H and O–H groups in total. The maximum atomic E-state index is 12.1. The number of nitrogens with two attached hydrogens (primary N) is 1. The van der Waals surface area contributed by atoms with E-state index in [1.807, 2.05) is 0 Å². The number of benzene rings is 1. The Morgan fingerprint density at radius 1 is 1.30 bits per heavy atom. The topological polar surface area (TPSA) is 75.4 Å². The van der Waals surface area contributed by atoms with E-state index in [4.69, 9.17) is 17.3 Å². The molecular formula is C13H22ClN3O2S. The van der Waals surface area contributed by atoms with Gasteiger partial charge >= 0.3 is 0 Å². The SMILES string of the molecule is CCCN(CC)CCNS(=O)(=O)c1ccc(N)c(Cl)c1. The number of nitrogens with zero attached hydrogens (tertiary/aromatic N) is 1. The highest BCUT2D eigenvalue weighted by Crippen LogP contribution is 2.22. The van der Waals surface area contributed by atoms with Gasteiger partial charge in [0, 0.05) is 13.1 Å². The minimum absolute atomic E-state index is 0.134. The summed E-state index contributed by atoms with van der Waals surface area (Å²) in [6.07, 6.45) is 1.05. The van der Waals surface area contributed by atoms with E-state index >= 15 is 0 Å². The summed E-state index contributed by atoms with van der Waals surface area (Å²) in [5.74, 6) is 0. The predicted octanol–water partition coefficient (Wildman–Crippen LogP) is 1.93. The normalized spacial score (nSPS) is 12.0. The second kappa shape index (κ2) is 7.83. The van der Waals surface area contributed by atoms with Crippen LogP contribution in [0.5, 0.6) is 0 Å². The number of hydrogen-bond donors (Lipinski definition) is 2. The molecule has 0 amide bonds. The maximum Gasteiger partial charge on any atom is 0.240 e. The van der Waals surface area contributed by atoms with Crippen LogP contribution < -0.4 is 10.5 Å². The quantitative estimate of drug-likeness (QED) is 0.718. The molecule has 0 bridgehead atoms. The highest BCUT2D eigenvalue weighted by molar-refractivity contribution is 7.89. The molecule has 1 aromatic carbocycles. The molecule has 1 rings (SSSR count). The van der Waals surface area contributed by atoms with Crippen LogP contribution in [0.2, 0.25) is 5.02 Å². The van der Waals surface area contributed by atoms with Crippen LogP contribution in [0.1, 0.15) is 20.3 Å². The number of nitrogens with one attached hydrogen (secondary N) is 1. The zero-order valence-electron chi connectivity index (χ0n) is 11.9.